The second-order valence-corrected chi connectivity index (χ2v) is 7.40. The first-order valence-electron chi connectivity index (χ1n) is 8.07. The number of amides is 1. The molecular formula is C16H22N2O6S. The number of sulfonamides is 1. The summed E-state index contributed by atoms with van der Waals surface area (Å²) < 4.78 is 36.4. The van der Waals surface area contributed by atoms with E-state index in [1.54, 1.807) is 0 Å². The van der Waals surface area contributed by atoms with Gasteiger partial charge in [-0.3, -0.25) is 4.79 Å². The lowest BCUT2D eigenvalue weighted by Crippen LogP contribution is -2.40. The molecule has 25 heavy (non-hydrogen) atoms. The molecule has 1 heterocycles. The maximum atomic E-state index is 12.5. The highest BCUT2D eigenvalue weighted by molar-refractivity contribution is 7.89. The zero-order valence-electron chi connectivity index (χ0n) is 14.1. The van der Waals surface area contributed by atoms with Gasteiger partial charge < -0.3 is 14.8 Å². The Labute approximate surface area is 147 Å². The van der Waals surface area contributed by atoms with Gasteiger partial charge in [0.05, 0.1) is 23.7 Å². The maximum Gasteiger partial charge on any atom is 0.338 e. The van der Waals surface area contributed by atoms with Crippen molar-refractivity contribution in [2.24, 2.45) is 0 Å². The number of esters is 1. The molecule has 0 atom stereocenters. The number of carbonyl (C=O) groups excluding carboxylic acids is 2. The topological polar surface area (TPSA) is 102 Å². The summed E-state index contributed by atoms with van der Waals surface area (Å²) in [4.78, 5) is 23.4. The molecule has 1 aromatic carbocycles. The minimum Gasteiger partial charge on any atom is -0.452 e. The largest absolute Gasteiger partial charge is 0.452 e. The summed E-state index contributed by atoms with van der Waals surface area (Å²) in [6.07, 6.45) is 0.790. The fourth-order valence-electron chi connectivity index (χ4n) is 2.23. The van der Waals surface area contributed by atoms with E-state index < -0.39 is 16.0 Å². The van der Waals surface area contributed by atoms with E-state index in [-0.39, 0.29) is 23.0 Å². The van der Waals surface area contributed by atoms with Gasteiger partial charge in [-0.1, -0.05) is 6.92 Å². The average Bonchev–Trinajstić information content (AvgIpc) is 2.65. The molecule has 0 aliphatic carbocycles. The van der Waals surface area contributed by atoms with Crippen molar-refractivity contribution in [3.05, 3.63) is 29.8 Å². The molecule has 1 aliphatic heterocycles. The highest BCUT2D eigenvalue weighted by Crippen LogP contribution is 2.18. The van der Waals surface area contributed by atoms with E-state index in [1.165, 1.54) is 28.6 Å². The summed E-state index contributed by atoms with van der Waals surface area (Å²) in [7, 11) is -3.60. The molecule has 1 aliphatic rings. The van der Waals surface area contributed by atoms with Crippen molar-refractivity contribution in [2.75, 3.05) is 39.5 Å². The fraction of sp³-hybridized carbons (Fsp3) is 0.500. The summed E-state index contributed by atoms with van der Waals surface area (Å²) in [6, 6.07) is 5.47. The molecule has 0 saturated carbocycles. The van der Waals surface area contributed by atoms with Crippen LogP contribution < -0.4 is 5.32 Å². The van der Waals surface area contributed by atoms with Crippen molar-refractivity contribution in [2.45, 2.75) is 18.2 Å². The van der Waals surface area contributed by atoms with Gasteiger partial charge in [0.2, 0.25) is 10.0 Å². The molecule has 0 spiro atoms. The van der Waals surface area contributed by atoms with Crippen LogP contribution >= 0.6 is 0 Å². The smallest absolute Gasteiger partial charge is 0.338 e. The first-order chi connectivity index (χ1) is 11.9. The SMILES string of the molecule is CCCNC(=O)COC(=O)c1ccc(S(=O)(=O)N2CCOCC2)cc1. The van der Waals surface area contributed by atoms with Gasteiger partial charge >= 0.3 is 5.97 Å². The van der Waals surface area contributed by atoms with Crippen LogP contribution in [0.5, 0.6) is 0 Å². The number of nitrogens with one attached hydrogen (secondary N) is 1. The molecule has 138 valence electrons. The molecule has 0 aromatic heterocycles. The van der Waals surface area contributed by atoms with Gasteiger partial charge in [0.15, 0.2) is 6.61 Å². The summed E-state index contributed by atoms with van der Waals surface area (Å²) in [5, 5.41) is 2.59. The van der Waals surface area contributed by atoms with Crippen molar-refractivity contribution in [3.8, 4) is 0 Å². The lowest BCUT2D eigenvalue weighted by Gasteiger charge is -2.26. The quantitative estimate of drug-likeness (QED) is 0.697. The van der Waals surface area contributed by atoms with Crippen LogP contribution in [0.4, 0.5) is 0 Å². The third-order valence-electron chi connectivity index (χ3n) is 3.60. The summed E-state index contributed by atoms with van der Waals surface area (Å²) in [5.74, 6) is -1.05. The van der Waals surface area contributed by atoms with E-state index in [2.05, 4.69) is 5.32 Å². The number of ether oxygens (including phenoxy) is 2. The molecule has 1 fully saturated rings. The Morgan fingerprint density at radius 3 is 2.44 bits per heavy atom. The zero-order chi connectivity index (χ0) is 18.3. The molecule has 0 bridgehead atoms. The molecule has 9 heteroatoms. The summed E-state index contributed by atoms with van der Waals surface area (Å²) in [6.45, 7) is 3.40. The molecule has 0 unspecified atom stereocenters. The van der Waals surface area contributed by atoms with Gasteiger partial charge in [0, 0.05) is 19.6 Å². The molecule has 0 radical (unpaired) electrons. The Kier molecular flexibility index (Phi) is 6.91. The van der Waals surface area contributed by atoms with Crippen LogP contribution in [-0.4, -0.2) is 64.1 Å². The molecule has 1 saturated heterocycles. The van der Waals surface area contributed by atoms with Crippen LogP contribution in [0, 0.1) is 0 Å². The summed E-state index contributed by atoms with van der Waals surface area (Å²) >= 11 is 0. The number of hydrogen-bond acceptors (Lipinski definition) is 6. The highest BCUT2D eigenvalue weighted by Gasteiger charge is 2.26. The number of hydrogen-bond donors (Lipinski definition) is 1. The Bertz CT molecular complexity index is 696. The van der Waals surface area contributed by atoms with E-state index in [4.69, 9.17) is 9.47 Å². The van der Waals surface area contributed by atoms with Crippen molar-refractivity contribution in [1.82, 2.24) is 9.62 Å². The Hall–Kier alpha value is -1.97. The summed E-state index contributed by atoms with van der Waals surface area (Å²) in [5.41, 5.74) is 0.184. The number of carbonyl (C=O) groups is 2. The number of benzene rings is 1. The number of morpholine rings is 1. The van der Waals surface area contributed by atoms with E-state index in [0.717, 1.165) is 6.42 Å². The third kappa shape index (κ3) is 5.25. The average molecular weight is 370 g/mol. The molecule has 1 aromatic rings. The van der Waals surface area contributed by atoms with Gasteiger partial charge in [-0.05, 0) is 30.7 Å². The van der Waals surface area contributed by atoms with Crippen LogP contribution in [0.1, 0.15) is 23.7 Å². The second kappa shape index (κ2) is 8.93. The molecular weight excluding hydrogens is 348 g/mol. The monoisotopic (exact) mass is 370 g/mol. The zero-order valence-corrected chi connectivity index (χ0v) is 14.9. The van der Waals surface area contributed by atoms with Gasteiger partial charge in [-0.25, -0.2) is 13.2 Å². The second-order valence-electron chi connectivity index (χ2n) is 5.47. The maximum absolute atomic E-state index is 12.5. The van der Waals surface area contributed by atoms with Crippen molar-refractivity contribution < 1.29 is 27.5 Å². The number of nitrogens with zero attached hydrogens (tertiary/aromatic N) is 1. The molecule has 1 N–H and O–H groups in total. The van der Waals surface area contributed by atoms with Gasteiger partial charge in [-0.15, -0.1) is 0 Å². The van der Waals surface area contributed by atoms with Gasteiger partial charge in [-0.2, -0.15) is 4.31 Å². The Morgan fingerprint density at radius 1 is 1.20 bits per heavy atom. The Morgan fingerprint density at radius 2 is 1.84 bits per heavy atom. The normalized spacial score (nSPS) is 15.6. The minimum atomic E-state index is -3.60. The first kappa shape index (κ1) is 19.4. The first-order valence-corrected chi connectivity index (χ1v) is 9.51. The number of rotatable bonds is 7. The van der Waals surface area contributed by atoms with Crippen LogP contribution in [0.25, 0.3) is 0 Å². The van der Waals surface area contributed by atoms with E-state index in [0.29, 0.717) is 32.8 Å². The van der Waals surface area contributed by atoms with E-state index >= 15 is 0 Å². The van der Waals surface area contributed by atoms with Gasteiger partial charge in [0.25, 0.3) is 5.91 Å². The molecule has 1 amide bonds. The molecule has 2 rings (SSSR count). The predicted octanol–water partition coefficient (Wildman–Crippen LogP) is 0.391. The minimum absolute atomic E-state index is 0.103. The van der Waals surface area contributed by atoms with Crippen LogP contribution in [0.3, 0.4) is 0 Å². The van der Waals surface area contributed by atoms with Crippen LogP contribution in [0.15, 0.2) is 29.2 Å². The fourth-order valence-corrected chi connectivity index (χ4v) is 3.64. The van der Waals surface area contributed by atoms with Crippen molar-refractivity contribution in [1.29, 1.82) is 0 Å². The van der Waals surface area contributed by atoms with E-state index in [9.17, 15) is 18.0 Å². The van der Waals surface area contributed by atoms with Gasteiger partial charge in [0.1, 0.15) is 0 Å². The lowest BCUT2D eigenvalue weighted by molar-refractivity contribution is -0.124. The van der Waals surface area contributed by atoms with Crippen molar-refractivity contribution in [3.63, 3.8) is 0 Å². The Balaban J connectivity index is 1.96. The predicted molar refractivity (Wildman–Crippen MR) is 89.6 cm³/mol. The molecule has 8 nitrogen and oxygen atoms in total. The van der Waals surface area contributed by atoms with Crippen LogP contribution in [0.2, 0.25) is 0 Å². The highest BCUT2D eigenvalue weighted by atomic mass is 32.2. The lowest BCUT2D eigenvalue weighted by atomic mass is 10.2. The third-order valence-corrected chi connectivity index (χ3v) is 5.52. The van der Waals surface area contributed by atoms with Crippen LogP contribution in [-0.2, 0) is 24.3 Å². The van der Waals surface area contributed by atoms with E-state index in [1.807, 2.05) is 6.92 Å². The van der Waals surface area contributed by atoms with Crippen molar-refractivity contribution >= 4 is 21.9 Å². The standard InChI is InChI=1S/C16H22N2O6S/c1-2-7-17-15(19)12-24-16(20)13-3-5-14(6-4-13)25(21,22)18-8-10-23-11-9-18/h3-6H,2,7-12H2,1H3,(H,17,19).